The standard InChI is InChI=1S/C23H21N3O2/c24-22(25)16-11-9-15(10-12-16)13-26-23(27)28-14-21-19-7-3-1-5-17(19)18-6-2-4-8-20(18)21/h1-12,21H,13-14H2,(H3,24,25)(H,26,27). The zero-order valence-corrected chi connectivity index (χ0v) is 15.3. The summed E-state index contributed by atoms with van der Waals surface area (Å²) < 4.78 is 5.52. The summed E-state index contributed by atoms with van der Waals surface area (Å²) in [4.78, 5) is 12.2. The quantitative estimate of drug-likeness (QED) is 0.468. The number of hydrogen-bond acceptors (Lipinski definition) is 3. The predicted octanol–water partition coefficient (Wildman–Crippen LogP) is 4.01. The molecule has 4 N–H and O–H groups in total. The number of amidine groups is 1. The molecule has 0 bridgehead atoms. The second-order valence-corrected chi connectivity index (χ2v) is 6.79. The highest BCUT2D eigenvalue weighted by atomic mass is 16.5. The van der Waals surface area contributed by atoms with Crippen LogP contribution in [0.5, 0.6) is 0 Å². The van der Waals surface area contributed by atoms with Crippen LogP contribution in [0.4, 0.5) is 4.79 Å². The minimum atomic E-state index is -0.447. The Labute approximate surface area is 163 Å². The minimum absolute atomic E-state index is 0.0241. The SMILES string of the molecule is N=C(N)c1ccc(CNC(=O)OCC2c3ccccc3-c3ccccc32)cc1. The molecule has 1 aliphatic rings. The Hall–Kier alpha value is -3.60. The minimum Gasteiger partial charge on any atom is -0.449 e. The van der Waals surface area contributed by atoms with Gasteiger partial charge in [0.1, 0.15) is 12.4 Å². The number of carbonyl (C=O) groups excluding carboxylic acids is 1. The zero-order chi connectivity index (χ0) is 19.5. The van der Waals surface area contributed by atoms with E-state index in [9.17, 15) is 4.79 Å². The smallest absolute Gasteiger partial charge is 0.407 e. The molecule has 140 valence electrons. The van der Waals surface area contributed by atoms with E-state index in [1.54, 1.807) is 12.1 Å². The first-order valence-corrected chi connectivity index (χ1v) is 9.15. The number of nitrogens with two attached hydrogens (primary N) is 1. The first kappa shape index (κ1) is 17.8. The molecule has 0 heterocycles. The third kappa shape index (κ3) is 3.47. The summed E-state index contributed by atoms with van der Waals surface area (Å²) in [7, 11) is 0. The summed E-state index contributed by atoms with van der Waals surface area (Å²) in [5.74, 6) is 0.0732. The lowest BCUT2D eigenvalue weighted by molar-refractivity contribution is 0.142. The molecule has 0 aliphatic heterocycles. The van der Waals surface area contributed by atoms with E-state index >= 15 is 0 Å². The van der Waals surface area contributed by atoms with Gasteiger partial charge < -0.3 is 15.8 Å². The van der Waals surface area contributed by atoms with Gasteiger partial charge in [-0.25, -0.2) is 4.79 Å². The highest BCUT2D eigenvalue weighted by Gasteiger charge is 2.28. The molecule has 0 saturated carbocycles. The highest BCUT2D eigenvalue weighted by molar-refractivity contribution is 5.94. The van der Waals surface area contributed by atoms with Crippen LogP contribution in [0.25, 0.3) is 11.1 Å². The first-order chi connectivity index (χ1) is 13.6. The third-order valence-corrected chi connectivity index (χ3v) is 5.05. The molecule has 0 fully saturated rings. The Balaban J connectivity index is 1.38. The molecule has 5 heteroatoms. The van der Waals surface area contributed by atoms with Crippen LogP contribution < -0.4 is 11.1 Å². The number of fused-ring (bicyclic) bond motifs is 3. The molecule has 0 atom stereocenters. The number of amides is 1. The Morgan fingerprint density at radius 1 is 0.929 bits per heavy atom. The molecule has 4 rings (SSSR count). The van der Waals surface area contributed by atoms with Gasteiger partial charge in [0.25, 0.3) is 0 Å². The summed E-state index contributed by atoms with van der Waals surface area (Å²) >= 11 is 0. The summed E-state index contributed by atoms with van der Waals surface area (Å²) in [6, 6.07) is 23.7. The molecule has 1 amide bonds. The van der Waals surface area contributed by atoms with E-state index in [2.05, 4.69) is 29.6 Å². The Morgan fingerprint density at radius 3 is 2.07 bits per heavy atom. The Bertz CT molecular complexity index is 983. The largest absolute Gasteiger partial charge is 0.449 e. The van der Waals surface area contributed by atoms with Crippen LogP contribution in [0.3, 0.4) is 0 Å². The molecular weight excluding hydrogens is 350 g/mol. The lowest BCUT2D eigenvalue weighted by atomic mass is 9.98. The maximum Gasteiger partial charge on any atom is 0.407 e. The molecule has 5 nitrogen and oxygen atoms in total. The van der Waals surface area contributed by atoms with Crippen LogP contribution in [0.15, 0.2) is 72.8 Å². The fraction of sp³-hybridized carbons (Fsp3) is 0.130. The molecular formula is C23H21N3O2. The van der Waals surface area contributed by atoms with Gasteiger partial charge >= 0.3 is 6.09 Å². The normalized spacial score (nSPS) is 12.1. The summed E-state index contributed by atoms with van der Waals surface area (Å²) in [5.41, 5.74) is 11.8. The second kappa shape index (κ2) is 7.56. The summed E-state index contributed by atoms with van der Waals surface area (Å²) in [5, 5.41) is 10.2. The first-order valence-electron chi connectivity index (χ1n) is 9.15. The van der Waals surface area contributed by atoms with Gasteiger partial charge in [-0.3, -0.25) is 5.41 Å². The lowest BCUT2D eigenvalue weighted by Crippen LogP contribution is -2.25. The average Bonchev–Trinajstić information content (AvgIpc) is 3.05. The molecule has 0 spiro atoms. The van der Waals surface area contributed by atoms with E-state index in [0.29, 0.717) is 18.7 Å². The Kier molecular flexibility index (Phi) is 4.81. The topological polar surface area (TPSA) is 88.2 Å². The van der Waals surface area contributed by atoms with Crippen LogP contribution in [-0.2, 0) is 11.3 Å². The van der Waals surface area contributed by atoms with Gasteiger partial charge in [-0.2, -0.15) is 0 Å². The van der Waals surface area contributed by atoms with Crippen molar-refractivity contribution in [2.75, 3.05) is 6.61 Å². The number of benzene rings is 3. The predicted molar refractivity (Wildman–Crippen MR) is 109 cm³/mol. The second-order valence-electron chi connectivity index (χ2n) is 6.79. The van der Waals surface area contributed by atoms with Crippen molar-refractivity contribution >= 4 is 11.9 Å². The fourth-order valence-corrected chi connectivity index (χ4v) is 3.63. The number of hydrogen-bond donors (Lipinski definition) is 3. The van der Waals surface area contributed by atoms with Crippen molar-refractivity contribution in [3.05, 3.63) is 95.1 Å². The summed E-state index contributed by atoms with van der Waals surface area (Å²) in [6.07, 6.45) is -0.447. The van der Waals surface area contributed by atoms with E-state index < -0.39 is 6.09 Å². The number of ether oxygens (including phenoxy) is 1. The van der Waals surface area contributed by atoms with Crippen LogP contribution in [0, 0.1) is 5.41 Å². The number of rotatable bonds is 5. The van der Waals surface area contributed by atoms with Crippen molar-refractivity contribution in [3.8, 4) is 11.1 Å². The van der Waals surface area contributed by atoms with E-state index in [-0.39, 0.29) is 11.8 Å². The monoisotopic (exact) mass is 371 g/mol. The van der Waals surface area contributed by atoms with Crippen molar-refractivity contribution in [1.29, 1.82) is 5.41 Å². The number of nitrogen functional groups attached to an aromatic ring is 1. The average molecular weight is 371 g/mol. The number of alkyl carbamates (subject to hydrolysis) is 1. The van der Waals surface area contributed by atoms with Gasteiger partial charge in [0.05, 0.1) is 0 Å². The van der Waals surface area contributed by atoms with Crippen molar-refractivity contribution in [1.82, 2.24) is 5.32 Å². The summed E-state index contributed by atoms with van der Waals surface area (Å²) in [6.45, 7) is 0.651. The van der Waals surface area contributed by atoms with Crippen molar-refractivity contribution in [3.63, 3.8) is 0 Å². The van der Waals surface area contributed by atoms with E-state index in [4.69, 9.17) is 15.9 Å². The molecule has 3 aromatic carbocycles. The van der Waals surface area contributed by atoms with Gasteiger partial charge in [0.2, 0.25) is 0 Å². The van der Waals surface area contributed by atoms with Gasteiger partial charge in [0, 0.05) is 18.0 Å². The van der Waals surface area contributed by atoms with E-state index in [1.807, 2.05) is 36.4 Å². The van der Waals surface area contributed by atoms with Gasteiger partial charge in [-0.15, -0.1) is 0 Å². The van der Waals surface area contributed by atoms with Crippen LogP contribution in [0.2, 0.25) is 0 Å². The third-order valence-electron chi connectivity index (χ3n) is 5.05. The van der Waals surface area contributed by atoms with E-state index in [1.165, 1.54) is 22.3 Å². The maximum atomic E-state index is 12.2. The molecule has 3 aromatic rings. The number of carbonyl (C=O) groups is 1. The molecule has 0 saturated heterocycles. The van der Waals surface area contributed by atoms with Crippen LogP contribution >= 0.6 is 0 Å². The molecule has 0 radical (unpaired) electrons. The maximum absolute atomic E-state index is 12.2. The highest BCUT2D eigenvalue weighted by Crippen LogP contribution is 2.44. The van der Waals surface area contributed by atoms with Gasteiger partial charge in [-0.05, 0) is 27.8 Å². The van der Waals surface area contributed by atoms with Crippen LogP contribution in [0.1, 0.15) is 28.2 Å². The molecule has 1 aliphatic carbocycles. The molecule has 0 aromatic heterocycles. The molecule has 0 unspecified atom stereocenters. The Morgan fingerprint density at radius 2 is 1.50 bits per heavy atom. The fourth-order valence-electron chi connectivity index (χ4n) is 3.63. The van der Waals surface area contributed by atoms with Gasteiger partial charge in [0.15, 0.2) is 0 Å². The van der Waals surface area contributed by atoms with E-state index in [0.717, 1.165) is 5.56 Å². The van der Waals surface area contributed by atoms with Crippen molar-refractivity contribution in [2.45, 2.75) is 12.5 Å². The van der Waals surface area contributed by atoms with Crippen molar-refractivity contribution in [2.24, 2.45) is 5.73 Å². The number of nitrogens with one attached hydrogen (secondary N) is 2. The van der Waals surface area contributed by atoms with Gasteiger partial charge in [-0.1, -0.05) is 72.8 Å². The lowest BCUT2D eigenvalue weighted by Gasteiger charge is -2.14. The molecule has 28 heavy (non-hydrogen) atoms. The zero-order valence-electron chi connectivity index (χ0n) is 15.3. The van der Waals surface area contributed by atoms with Crippen molar-refractivity contribution < 1.29 is 9.53 Å². The van der Waals surface area contributed by atoms with Crippen LogP contribution in [-0.4, -0.2) is 18.5 Å².